The third kappa shape index (κ3) is 5.33. The SMILES string of the molecule is CCOc1cc(C2C3=CCC4C(=O)N(c5ccc(C)c(Cl)c5)C(=O)C4C3CC3C(=O)N(Nc4ccc(F)cc4)C(=O)C32c2ccc(Cl)cc2)ccc1O. The Morgan fingerprint density at radius 2 is 1.64 bits per heavy atom. The van der Waals surface area contributed by atoms with Crippen molar-refractivity contribution in [2.24, 2.45) is 23.7 Å². The lowest BCUT2D eigenvalue weighted by molar-refractivity contribution is -0.138. The van der Waals surface area contributed by atoms with Crippen LogP contribution in [0.4, 0.5) is 15.8 Å². The summed E-state index contributed by atoms with van der Waals surface area (Å²) in [5, 5.41) is 12.6. The number of nitrogens with zero attached hydrogens (tertiary/aromatic N) is 2. The topological polar surface area (TPSA) is 116 Å². The lowest BCUT2D eigenvalue weighted by atomic mass is 9.49. The zero-order valence-electron chi connectivity index (χ0n) is 28.7. The van der Waals surface area contributed by atoms with E-state index < -0.39 is 58.5 Å². The number of hydrogen-bond acceptors (Lipinski definition) is 7. The molecule has 6 unspecified atom stereocenters. The zero-order valence-corrected chi connectivity index (χ0v) is 30.2. The van der Waals surface area contributed by atoms with E-state index in [1.165, 1.54) is 35.2 Å². The summed E-state index contributed by atoms with van der Waals surface area (Å²) in [5.74, 6) is -6.24. The minimum atomic E-state index is -1.57. The number of phenolic OH excluding ortho intramolecular Hbond substituents is 1. The molecule has 0 aromatic heterocycles. The summed E-state index contributed by atoms with van der Waals surface area (Å²) in [4.78, 5) is 59.9. The van der Waals surface area contributed by atoms with Gasteiger partial charge in [0, 0.05) is 16.0 Å². The van der Waals surface area contributed by atoms with Crippen LogP contribution in [0.15, 0.2) is 96.6 Å². The van der Waals surface area contributed by atoms with Crippen LogP contribution in [-0.4, -0.2) is 40.4 Å². The smallest absolute Gasteiger partial charge is 0.260 e. The Morgan fingerprint density at radius 3 is 2.34 bits per heavy atom. The van der Waals surface area contributed by atoms with Crippen molar-refractivity contribution < 1.29 is 33.4 Å². The highest BCUT2D eigenvalue weighted by molar-refractivity contribution is 6.32. The number of aromatic hydroxyl groups is 1. The second-order valence-electron chi connectivity index (χ2n) is 14.0. The summed E-state index contributed by atoms with van der Waals surface area (Å²) < 4.78 is 19.7. The van der Waals surface area contributed by atoms with Gasteiger partial charge < -0.3 is 9.84 Å². The molecule has 2 aliphatic carbocycles. The van der Waals surface area contributed by atoms with Crippen molar-refractivity contribution >= 4 is 58.2 Å². The number of hydrazine groups is 1. The van der Waals surface area contributed by atoms with Crippen molar-refractivity contribution in [1.82, 2.24) is 5.01 Å². The molecule has 2 saturated heterocycles. The van der Waals surface area contributed by atoms with Crippen molar-refractivity contribution in [3.05, 3.63) is 129 Å². The van der Waals surface area contributed by atoms with Gasteiger partial charge in [0.05, 0.1) is 41.2 Å². The number of carbonyl (C=O) groups excluding carboxylic acids is 4. The van der Waals surface area contributed by atoms with E-state index in [9.17, 15) is 23.9 Å². The van der Waals surface area contributed by atoms with Crippen LogP contribution in [0.25, 0.3) is 0 Å². The Morgan fingerprint density at radius 1 is 0.906 bits per heavy atom. The van der Waals surface area contributed by atoms with Crippen LogP contribution in [0.3, 0.4) is 0 Å². The average molecular weight is 755 g/mol. The first-order valence-electron chi connectivity index (χ1n) is 17.4. The molecule has 2 N–H and O–H groups in total. The van der Waals surface area contributed by atoms with Crippen LogP contribution in [-0.2, 0) is 24.6 Å². The van der Waals surface area contributed by atoms with Gasteiger partial charge in [-0.25, -0.2) is 9.29 Å². The standard InChI is InChI=1S/C41H34Cl2FN3O6/c1-3-53-34-18-22(5-17-33(34)48)36-28-15-16-29-35(39(51)46(37(29)49)27-14-4-21(2)32(43)19-27)30(28)20-31-38(50)47(45-26-12-10-25(44)11-13-26)40(52)41(31,36)23-6-8-24(42)9-7-23/h4-15,17-19,29-31,35-36,45,48H,3,16,20H2,1-2H3. The predicted octanol–water partition coefficient (Wildman–Crippen LogP) is 7.73. The molecule has 0 radical (unpaired) electrons. The van der Waals surface area contributed by atoms with Gasteiger partial charge in [-0.3, -0.25) is 24.6 Å². The molecule has 0 spiro atoms. The fourth-order valence-corrected chi connectivity index (χ4v) is 9.29. The van der Waals surface area contributed by atoms with E-state index in [1.54, 1.807) is 61.5 Å². The minimum Gasteiger partial charge on any atom is -0.504 e. The number of fused-ring (bicyclic) bond motifs is 4. The average Bonchev–Trinajstić information content (AvgIpc) is 3.52. The maximum absolute atomic E-state index is 15.3. The molecule has 6 atom stereocenters. The molecule has 270 valence electrons. The van der Waals surface area contributed by atoms with Gasteiger partial charge in [-0.15, -0.1) is 0 Å². The van der Waals surface area contributed by atoms with Crippen LogP contribution in [0.5, 0.6) is 11.5 Å². The van der Waals surface area contributed by atoms with Crippen molar-refractivity contribution in [3.8, 4) is 11.5 Å². The van der Waals surface area contributed by atoms with Crippen molar-refractivity contribution in [1.29, 1.82) is 0 Å². The van der Waals surface area contributed by atoms with E-state index >= 15 is 4.79 Å². The molecule has 4 amide bonds. The first kappa shape index (κ1) is 34.9. The summed E-state index contributed by atoms with van der Waals surface area (Å²) in [6.45, 7) is 3.87. The Bertz CT molecular complexity index is 2230. The number of amides is 4. The Balaban J connectivity index is 1.33. The monoisotopic (exact) mass is 753 g/mol. The number of hydrogen-bond donors (Lipinski definition) is 2. The van der Waals surface area contributed by atoms with Crippen LogP contribution in [0.1, 0.15) is 42.4 Å². The molecule has 2 aliphatic heterocycles. The second kappa shape index (κ2) is 13.0. The summed E-state index contributed by atoms with van der Waals surface area (Å²) in [6.07, 6.45) is 2.25. The Labute approximate surface area is 314 Å². The molecule has 4 aromatic rings. The Kier molecular flexibility index (Phi) is 8.58. The third-order valence-electron chi connectivity index (χ3n) is 11.3. The van der Waals surface area contributed by atoms with Gasteiger partial charge in [-0.05, 0) is 110 Å². The van der Waals surface area contributed by atoms with Gasteiger partial charge >= 0.3 is 0 Å². The number of ether oxygens (including phenoxy) is 1. The maximum atomic E-state index is 15.3. The van der Waals surface area contributed by atoms with Crippen LogP contribution in [0.2, 0.25) is 10.0 Å². The number of imide groups is 2. The van der Waals surface area contributed by atoms with Crippen molar-refractivity contribution in [2.45, 2.75) is 38.0 Å². The normalized spacial score (nSPS) is 26.3. The highest BCUT2D eigenvalue weighted by atomic mass is 35.5. The summed E-state index contributed by atoms with van der Waals surface area (Å²) in [5.41, 5.74) is 4.69. The molecular weight excluding hydrogens is 720 g/mol. The maximum Gasteiger partial charge on any atom is 0.260 e. The zero-order chi connectivity index (χ0) is 37.3. The van der Waals surface area contributed by atoms with Gasteiger partial charge in [0.25, 0.3) is 11.8 Å². The lowest BCUT2D eigenvalue weighted by Crippen LogP contribution is -2.53. The van der Waals surface area contributed by atoms with E-state index in [-0.39, 0.29) is 36.9 Å². The molecule has 3 fully saturated rings. The lowest BCUT2D eigenvalue weighted by Gasteiger charge is -2.50. The second-order valence-corrected chi connectivity index (χ2v) is 14.8. The van der Waals surface area contributed by atoms with E-state index in [0.717, 1.165) is 16.1 Å². The first-order chi connectivity index (χ1) is 25.4. The fraction of sp³-hybridized carbons (Fsp3) is 0.268. The minimum absolute atomic E-state index is 0.0796. The largest absolute Gasteiger partial charge is 0.504 e. The van der Waals surface area contributed by atoms with E-state index in [1.807, 2.05) is 13.0 Å². The number of nitrogens with one attached hydrogen (secondary N) is 1. The number of carbonyl (C=O) groups is 4. The van der Waals surface area contributed by atoms with Crippen LogP contribution < -0.4 is 15.1 Å². The molecule has 4 aliphatic rings. The number of benzene rings is 4. The molecule has 9 nitrogen and oxygen atoms in total. The van der Waals surface area contributed by atoms with Crippen LogP contribution in [0, 0.1) is 36.4 Å². The third-order valence-corrected chi connectivity index (χ3v) is 11.9. The molecular formula is C41H34Cl2FN3O6. The Hall–Kier alpha value is -5.19. The van der Waals surface area contributed by atoms with Gasteiger partial charge in [0.15, 0.2) is 11.5 Å². The molecule has 53 heavy (non-hydrogen) atoms. The van der Waals surface area contributed by atoms with E-state index in [4.69, 9.17) is 27.9 Å². The van der Waals surface area contributed by atoms with Gasteiger partial charge in [-0.1, -0.05) is 59.1 Å². The molecule has 1 saturated carbocycles. The van der Waals surface area contributed by atoms with Gasteiger partial charge in [0.2, 0.25) is 11.8 Å². The number of anilines is 2. The number of phenols is 1. The highest BCUT2D eigenvalue weighted by Crippen LogP contribution is 2.64. The van der Waals surface area contributed by atoms with E-state index in [0.29, 0.717) is 32.5 Å². The van der Waals surface area contributed by atoms with Gasteiger partial charge in [-0.2, -0.15) is 5.01 Å². The molecule has 0 bridgehead atoms. The predicted molar refractivity (Wildman–Crippen MR) is 197 cm³/mol. The van der Waals surface area contributed by atoms with Crippen LogP contribution >= 0.6 is 23.2 Å². The summed E-state index contributed by atoms with van der Waals surface area (Å²) >= 11 is 12.8. The highest BCUT2D eigenvalue weighted by Gasteiger charge is 2.70. The molecule has 4 aromatic carbocycles. The number of halogens is 3. The number of allylic oxidation sites excluding steroid dienone is 2. The summed E-state index contributed by atoms with van der Waals surface area (Å²) in [6, 6.07) is 22.0. The van der Waals surface area contributed by atoms with E-state index in [2.05, 4.69) is 5.43 Å². The molecule has 12 heteroatoms. The fourth-order valence-electron chi connectivity index (χ4n) is 8.99. The quantitative estimate of drug-likeness (QED) is 0.147. The first-order valence-corrected chi connectivity index (χ1v) is 18.2. The van der Waals surface area contributed by atoms with Gasteiger partial charge in [0.1, 0.15) is 5.82 Å². The number of rotatable bonds is 7. The molecule has 8 rings (SSSR count). The van der Waals surface area contributed by atoms with Crippen molar-refractivity contribution in [3.63, 3.8) is 0 Å². The molecule has 2 heterocycles. The van der Waals surface area contributed by atoms with Crippen molar-refractivity contribution in [2.75, 3.05) is 16.9 Å². The summed E-state index contributed by atoms with van der Waals surface area (Å²) in [7, 11) is 0. The number of aryl methyl sites for hydroxylation is 1.